The lowest BCUT2D eigenvalue weighted by molar-refractivity contribution is 0.148. The van der Waals surface area contributed by atoms with E-state index in [0.29, 0.717) is 15.7 Å². The van der Waals surface area contributed by atoms with Crippen molar-refractivity contribution in [3.8, 4) is 0 Å². The number of rotatable bonds is 6. The number of aromatic amines is 1. The molecule has 0 amide bonds. The summed E-state index contributed by atoms with van der Waals surface area (Å²) in [6.45, 7) is 6.90. The zero-order chi connectivity index (χ0) is 23.2. The highest BCUT2D eigenvalue weighted by atomic mass is 35.5. The highest BCUT2D eigenvalue weighted by molar-refractivity contribution is 7.94. The van der Waals surface area contributed by atoms with Crippen molar-refractivity contribution in [1.82, 2.24) is 14.8 Å². The molecule has 0 radical (unpaired) electrons. The summed E-state index contributed by atoms with van der Waals surface area (Å²) >= 11 is 7.50. The quantitative estimate of drug-likeness (QED) is 0.351. The van der Waals surface area contributed by atoms with Crippen LogP contribution in [0.15, 0.2) is 42.6 Å². The molecule has 3 heterocycles. The van der Waals surface area contributed by atoms with Crippen molar-refractivity contribution in [3.63, 3.8) is 0 Å². The Morgan fingerprint density at radius 1 is 1.06 bits per heavy atom. The molecule has 0 spiro atoms. The SMILES string of the molecule is Cc1c(NS(=O)(=O)Nc2ccc3[nH]cc(CN4CCN(C)CC4)c3c2)sc2ccc(Cl)cc12. The number of halogens is 1. The average Bonchev–Trinajstić information content (AvgIpc) is 3.30. The minimum Gasteiger partial charge on any atom is -0.361 e. The van der Waals surface area contributed by atoms with E-state index in [2.05, 4.69) is 31.3 Å². The molecule has 1 aliphatic heterocycles. The van der Waals surface area contributed by atoms with Gasteiger partial charge in [0, 0.05) is 59.5 Å². The van der Waals surface area contributed by atoms with Crippen LogP contribution in [0, 0.1) is 6.92 Å². The monoisotopic (exact) mass is 503 g/mol. The Labute approximate surface area is 202 Å². The normalized spacial score (nSPS) is 16.0. The molecule has 1 aliphatic rings. The van der Waals surface area contributed by atoms with Gasteiger partial charge >= 0.3 is 10.2 Å². The number of hydrogen-bond donors (Lipinski definition) is 3. The number of anilines is 2. The Balaban J connectivity index is 1.35. The Kier molecular flexibility index (Phi) is 6.00. The lowest BCUT2D eigenvalue weighted by Gasteiger charge is -2.32. The fourth-order valence-electron chi connectivity index (χ4n) is 4.21. The zero-order valence-electron chi connectivity index (χ0n) is 18.5. The summed E-state index contributed by atoms with van der Waals surface area (Å²) in [7, 11) is -1.67. The molecule has 0 atom stereocenters. The Morgan fingerprint density at radius 2 is 1.85 bits per heavy atom. The number of aromatic nitrogens is 1. The molecule has 4 aromatic rings. The molecule has 0 bridgehead atoms. The van der Waals surface area contributed by atoms with Gasteiger partial charge in [0.05, 0.1) is 5.69 Å². The summed E-state index contributed by atoms with van der Waals surface area (Å²) in [4.78, 5) is 8.06. The van der Waals surface area contributed by atoms with Gasteiger partial charge in [0.15, 0.2) is 0 Å². The molecule has 174 valence electrons. The van der Waals surface area contributed by atoms with Crippen LogP contribution in [0.4, 0.5) is 10.7 Å². The highest BCUT2D eigenvalue weighted by Gasteiger charge is 2.18. The van der Waals surface area contributed by atoms with Crippen molar-refractivity contribution in [1.29, 1.82) is 0 Å². The number of fused-ring (bicyclic) bond motifs is 2. The van der Waals surface area contributed by atoms with Crippen molar-refractivity contribution >= 4 is 64.8 Å². The van der Waals surface area contributed by atoms with Crippen LogP contribution in [0.5, 0.6) is 0 Å². The van der Waals surface area contributed by atoms with E-state index in [4.69, 9.17) is 11.6 Å². The topological polar surface area (TPSA) is 80.5 Å². The maximum absolute atomic E-state index is 12.9. The van der Waals surface area contributed by atoms with Gasteiger partial charge in [0.2, 0.25) is 0 Å². The van der Waals surface area contributed by atoms with E-state index in [0.717, 1.165) is 59.3 Å². The average molecular weight is 504 g/mol. The van der Waals surface area contributed by atoms with Gasteiger partial charge in [0.25, 0.3) is 0 Å². The number of nitrogens with one attached hydrogen (secondary N) is 3. The molecular formula is C23H26ClN5O2S2. The maximum atomic E-state index is 12.9. The molecule has 10 heteroatoms. The second-order valence-corrected chi connectivity index (χ2v) is 11.5. The van der Waals surface area contributed by atoms with Crippen molar-refractivity contribution < 1.29 is 8.42 Å². The molecule has 0 saturated carbocycles. The Hall–Kier alpha value is -2.30. The molecule has 2 aromatic carbocycles. The van der Waals surface area contributed by atoms with Crippen molar-refractivity contribution in [2.45, 2.75) is 13.5 Å². The second kappa shape index (κ2) is 8.81. The van der Waals surface area contributed by atoms with Gasteiger partial charge in [-0.05, 0) is 66.9 Å². The van der Waals surface area contributed by atoms with Crippen molar-refractivity contribution in [2.75, 3.05) is 42.7 Å². The van der Waals surface area contributed by atoms with Gasteiger partial charge in [-0.25, -0.2) is 0 Å². The van der Waals surface area contributed by atoms with Gasteiger partial charge in [0.1, 0.15) is 5.00 Å². The minimum absolute atomic E-state index is 0.524. The van der Waals surface area contributed by atoms with Crippen LogP contribution in [-0.4, -0.2) is 56.4 Å². The second-order valence-electron chi connectivity index (χ2n) is 8.56. The van der Waals surface area contributed by atoms with Gasteiger partial charge in [-0.15, -0.1) is 11.3 Å². The molecule has 3 N–H and O–H groups in total. The summed E-state index contributed by atoms with van der Waals surface area (Å²) in [6, 6.07) is 11.1. The molecular weight excluding hydrogens is 478 g/mol. The third kappa shape index (κ3) is 4.83. The van der Waals surface area contributed by atoms with Crippen LogP contribution in [0.2, 0.25) is 5.02 Å². The number of hydrogen-bond acceptors (Lipinski definition) is 5. The fourth-order valence-corrected chi connectivity index (χ4v) is 6.71. The molecule has 1 fully saturated rings. The number of thiophene rings is 1. The molecule has 0 aliphatic carbocycles. The number of nitrogens with zero attached hydrogens (tertiary/aromatic N) is 2. The van der Waals surface area contributed by atoms with Crippen LogP contribution in [-0.2, 0) is 16.8 Å². The van der Waals surface area contributed by atoms with E-state index < -0.39 is 10.2 Å². The summed E-state index contributed by atoms with van der Waals surface area (Å²) in [5.41, 5.74) is 3.54. The number of aryl methyl sites for hydroxylation is 1. The highest BCUT2D eigenvalue weighted by Crippen LogP contribution is 2.37. The smallest absolute Gasteiger partial charge is 0.322 e. The standard InChI is InChI=1S/C23H26ClN5O2S2/c1-15-19-11-17(24)3-6-22(19)32-23(15)27-33(30,31)26-18-4-5-21-20(12-18)16(13-25-21)14-29-9-7-28(2)8-10-29/h3-6,11-13,25-27H,7-10,14H2,1-2H3. The predicted octanol–water partition coefficient (Wildman–Crippen LogP) is 4.86. The number of benzene rings is 2. The van der Waals surface area contributed by atoms with Crippen LogP contribution < -0.4 is 9.44 Å². The summed E-state index contributed by atoms with van der Waals surface area (Å²) in [6.07, 6.45) is 2.02. The van der Waals surface area contributed by atoms with Gasteiger partial charge in [-0.3, -0.25) is 14.3 Å². The third-order valence-corrected chi connectivity index (χ3v) is 8.66. The fraction of sp³-hybridized carbons (Fsp3) is 0.304. The van der Waals surface area contributed by atoms with E-state index in [1.54, 1.807) is 6.07 Å². The third-order valence-electron chi connectivity index (χ3n) is 6.13. The summed E-state index contributed by atoms with van der Waals surface area (Å²) < 4.78 is 32.2. The van der Waals surface area contributed by atoms with E-state index in [1.807, 2.05) is 43.5 Å². The van der Waals surface area contributed by atoms with Gasteiger partial charge in [-0.1, -0.05) is 11.6 Å². The van der Waals surface area contributed by atoms with Crippen LogP contribution in [0.25, 0.3) is 21.0 Å². The molecule has 1 saturated heterocycles. The van der Waals surface area contributed by atoms with Crippen molar-refractivity contribution in [3.05, 3.63) is 58.7 Å². The summed E-state index contributed by atoms with van der Waals surface area (Å²) in [5, 5.41) is 3.19. The van der Waals surface area contributed by atoms with Crippen LogP contribution >= 0.6 is 22.9 Å². The molecule has 2 aromatic heterocycles. The number of likely N-dealkylation sites (N-methyl/N-ethyl adjacent to an activating group) is 1. The first kappa shape index (κ1) is 22.5. The van der Waals surface area contributed by atoms with Crippen LogP contribution in [0.1, 0.15) is 11.1 Å². The largest absolute Gasteiger partial charge is 0.361 e. The van der Waals surface area contributed by atoms with Crippen molar-refractivity contribution in [2.24, 2.45) is 0 Å². The van der Waals surface area contributed by atoms with Gasteiger partial charge < -0.3 is 9.88 Å². The van der Waals surface area contributed by atoms with Crippen LogP contribution in [0.3, 0.4) is 0 Å². The molecule has 33 heavy (non-hydrogen) atoms. The summed E-state index contributed by atoms with van der Waals surface area (Å²) in [5.74, 6) is 0. The Bertz CT molecular complexity index is 1420. The Morgan fingerprint density at radius 3 is 2.64 bits per heavy atom. The zero-order valence-corrected chi connectivity index (χ0v) is 20.9. The van der Waals surface area contributed by atoms with E-state index in [9.17, 15) is 8.42 Å². The van der Waals surface area contributed by atoms with E-state index in [-0.39, 0.29) is 0 Å². The number of piperazine rings is 1. The molecule has 5 rings (SSSR count). The first-order valence-corrected chi connectivity index (χ1v) is 13.5. The predicted molar refractivity (Wildman–Crippen MR) is 139 cm³/mol. The number of H-pyrrole nitrogens is 1. The lowest BCUT2D eigenvalue weighted by Crippen LogP contribution is -2.43. The van der Waals surface area contributed by atoms with Gasteiger partial charge in [-0.2, -0.15) is 8.42 Å². The first-order chi connectivity index (χ1) is 15.8. The maximum Gasteiger partial charge on any atom is 0.322 e. The lowest BCUT2D eigenvalue weighted by atomic mass is 10.1. The molecule has 0 unspecified atom stereocenters. The van der Waals surface area contributed by atoms with E-state index in [1.165, 1.54) is 16.9 Å². The molecule has 7 nitrogen and oxygen atoms in total. The minimum atomic E-state index is -3.81. The van der Waals surface area contributed by atoms with E-state index >= 15 is 0 Å². The first-order valence-electron chi connectivity index (χ1n) is 10.8.